The molecular formula is C17H25IN4O. The monoisotopic (exact) mass is 428 g/mol. The predicted octanol–water partition coefficient (Wildman–Crippen LogP) is 3.81. The molecule has 0 fully saturated rings. The van der Waals surface area contributed by atoms with Crippen LogP contribution in [0.5, 0.6) is 0 Å². The Kier molecular flexibility index (Phi) is 7.54. The van der Waals surface area contributed by atoms with Crippen LogP contribution in [0.4, 0.5) is 0 Å². The highest BCUT2D eigenvalue weighted by atomic mass is 127. The van der Waals surface area contributed by atoms with Gasteiger partial charge in [-0.2, -0.15) is 0 Å². The topological polar surface area (TPSA) is 62.5 Å². The van der Waals surface area contributed by atoms with Gasteiger partial charge < -0.3 is 15.1 Å². The number of oxazole rings is 1. The summed E-state index contributed by atoms with van der Waals surface area (Å²) in [4.78, 5) is 9.03. The molecule has 0 unspecified atom stereocenters. The summed E-state index contributed by atoms with van der Waals surface area (Å²) in [5.41, 5.74) is 1.74. The van der Waals surface area contributed by atoms with Gasteiger partial charge in [-0.25, -0.2) is 9.98 Å². The highest BCUT2D eigenvalue weighted by molar-refractivity contribution is 14.0. The van der Waals surface area contributed by atoms with Gasteiger partial charge in [0.05, 0.1) is 6.54 Å². The van der Waals surface area contributed by atoms with Crippen LogP contribution in [0.25, 0.3) is 11.5 Å². The molecule has 1 aromatic heterocycles. The van der Waals surface area contributed by atoms with Crippen LogP contribution in [0.2, 0.25) is 0 Å². The van der Waals surface area contributed by atoms with Crippen molar-refractivity contribution in [3.05, 3.63) is 42.3 Å². The fourth-order valence-corrected chi connectivity index (χ4v) is 1.92. The van der Waals surface area contributed by atoms with Crippen LogP contribution in [-0.4, -0.2) is 23.0 Å². The number of hydrogen-bond donors (Lipinski definition) is 2. The zero-order valence-electron chi connectivity index (χ0n) is 14.1. The Labute approximate surface area is 155 Å². The summed E-state index contributed by atoms with van der Waals surface area (Å²) in [6.45, 7) is 9.64. The number of benzene rings is 1. The first-order valence-electron chi connectivity index (χ1n) is 7.54. The molecule has 0 atom stereocenters. The fraction of sp³-hybridized carbons (Fsp3) is 0.412. The maximum atomic E-state index is 5.52. The Morgan fingerprint density at radius 3 is 2.52 bits per heavy atom. The van der Waals surface area contributed by atoms with Crippen LogP contribution >= 0.6 is 24.0 Å². The van der Waals surface area contributed by atoms with Crippen molar-refractivity contribution in [2.24, 2.45) is 4.99 Å². The van der Waals surface area contributed by atoms with Crippen LogP contribution in [0.3, 0.4) is 0 Å². The Morgan fingerprint density at radius 2 is 1.91 bits per heavy atom. The molecule has 1 heterocycles. The highest BCUT2D eigenvalue weighted by Gasteiger charge is 2.12. The Bertz CT molecular complexity index is 617. The molecule has 0 bridgehead atoms. The molecule has 0 saturated carbocycles. The number of guanidine groups is 1. The van der Waals surface area contributed by atoms with Crippen molar-refractivity contribution in [1.29, 1.82) is 0 Å². The SMILES string of the molecule is CCNC(=NCc1coc(-c2ccccc2)n1)NC(C)(C)C.I. The largest absolute Gasteiger partial charge is 0.444 e. The van der Waals surface area contributed by atoms with Gasteiger partial charge in [0.15, 0.2) is 5.96 Å². The first-order chi connectivity index (χ1) is 10.5. The van der Waals surface area contributed by atoms with Crippen LogP contribution < -0.4 is 10.6 Å². The maximum absolute atomic E-state index is 5.52. The Balaban J connectivity index is 0.00000264. The van der Waals surface area contributed by atoms with Gasteiger partial charge >= 0.3 is 0 Å². The molecule has 1 aromatic carbocycles. The van der Waals surface area contributed by atoms with E-state index in [4.69, 9.17) is 4.42 Å². The average Bonchev–Trinajstić information content (AvgIpc) is 2.93. The quantitative estimate of drug-likeness (QED) is 0.442. The molecule has 0 aliphatic heterocycles. The van der Waals surface area contributed by atoms with E-state index in [1.165, 1.54) is 0 Å². The minimum absolute atomic E-state index is 0. The van der Waals surface area contributed by atoms with E-state index in [9.17, 15) is 0 Å². The predicted molar refractivity (Wildman–Crippen MR) is 105 cm³/mol. The van der Waals surface area contributed by atoms with Crippen LogP contribution in [0, 0.1) is 0 Å². The molecule has 0 radical (unpaired) electrons. The molecular weight excluding hydrogens is 403 g/mol. The van der Waals surface area contributed by atoms with Crippen LogP contribution in [0.15, 0.2) is 46.0 Å². The number of aliphatic imine (C=N–C) groups is 1. The van der Waals surface area contributed by atoms with Crippen LogP contribution in [0.1, 0.15) is 33.4 Å². The van der Waals surface area contributed by atoms with Crippen molar-refractivity contribution in [2.75, 3.05) is 6.54 Å². The lowest BCUT2D eigenvalue weighted by atomic mass is 10.1. The smallest absolute Gasteiger partial charge is 0.226 e. The van der Waals surface area contributed by atoms with Crippen molar-refractivity contribution in [1.82, 2.24) is 15.6 Å². The summed E-state index contributed by atoms with van der Waals surface area (Å²) < 4.78 is 5.52. The summed E-state index contributed by atoms with van der Waals surface area (Å²) in [6.07, 6.45) is 1.66. The molecule has 0 aliphatic rings. The molecule has 0 saturated heterocycles. The standard InChI is InChI=1S/C17H24N4O.HI/c1-5-18-16(21-17(2,3)4)19-11-14-12-22-15(20-14)13-9-7-6-8-10-13;/h6-10,12H,5,11H2,1-4H3,(H2,18,19,21);1H. The van der Waals surface area contributed by atoms with E-state index < -0.39 is 0 Å². The second kappa shape index (κ2) is 8.90. The molecule has 2 N–H and O–H groups in total. The third-order valence-electron chi connectivity index (χ3n) is 2.81. The normalized spacial score (nSPS) is 11.7. The minimum Gasteiger partial charge on any atom is -0.444 e. The number of aromatic nitrogens is 1. The average molecular weight is 428 g/mol. The van der Waals surface area contributed by atoms with E-state index in [1.807, 2.05) is 37.3 Å². The summed E-state index contributed by atoms with van der Waals surface area (Å²) in [7, 11) is 0. The fourth-order valence-electron chi connectivity index (χ4n) is 1.92. The lowest BCUT2D eigenvalue weighted by molar-refractivity contribution is 0.501. The van der Waals surface area contributed by atoms with Gasteiger partial charge in [0.1, 0.15) is 12.0 Å². The molecule has 0 aliphatic carbocycles. The van der Waals surface area contributed by atoms with Gasteiger partial charge in [0, 0.05) is 17.6 Å². The van der Waals surface area contributed by atoms with Crippen molar-refractivity contribution in [2.45, 2.75) is 39.8 Å². The third kappa shape index (κ3) is 6.60. The van der Waals surface area contributed by atoms with Gasteiger partial charge in [-0.1, -0.05) is 18.2 Å². The van der Waals surface area contributed by atoms with Crippen LogP contribution in [-0.2, 0) is 6.54 Å². The molecule has 2 rings (SSSR count). The van der Waals surface area contributed by atoms with E-state index in [0.29, 0.717) is 12.4 Å². The molecule has 23 heavy (non-hydrogen) atoms. The zero-order chi connectivity index (χ0) is 16.0. The lowest BCUT2D eigenvalue weighted by Gasteiger charge is -2.23. The van der Waals surface area contributed by atoms with Crippen molar-refractivity contribution >= 4 is 29.9 Å². The van der Waals surface area contributed by atoms with Gasteiger partial charge in [-0.05, 0) is 39.8 Å². The second-order valence-electron chi connectivity index (χ2n) is 6.08. The van der Waals surface area contributed by atoms with E-state index in [0.717, 1.165) is 23.8 Å². The second-order valence-corrected chi connectivity index (χ2v) is 6.08. The van der Waals surface area contributed by atoms with Crippen molar-refractivity contribution in [3.63, 3.8) is 0 Å². The van der Waals surface area contributed by atoms with E-state index in [2.05, 4.69) is 41.4 Å². The molecule has 126 valence electrons. The summed E-state index contributed by atoms with van der Waals surface area (Å²) >= 11 is 0. The Hall–Kier alpha value is -1.57. The number of halogens is 1. The summed E-state index contributed by atoms with van der Waals surface area (Å²) in [5.74, 6) is 1.40. The van der Waals surface area contributed by atoms with Gasteiger partial charge in [0.25, 0.3) is 0 Å². The first kappa shape index (κ1) is 19.5. The first-order valence-corrected chi connectivity index (χ1v) is 7.54. The van der Waals surface area contributed by atoms with Gasteiger partial charge in [-0.15, -0.1) is 24.0 Å². The van der Waals surface area contributed by atoms with E-state index in [-0.39, 0.29) is 29.5 Å². The van der Waals surface area contributed by atoms with E-state index >= 15 is 0 Å². The summed E-state index contributed by atoms with van der Waals surface area (Å²) in [6, 6.07) is 9.86. The van der Waals surface area contributed by atoms with Gasteiger partial charge in [-0.3, -0.25) is 0 Å². The molecule has 5 nitrogen and oxygen atoms in total. The van der Waals surface area contributed by atoms with Crippen molar-refractivity contribution in [3.8, 4) is 11.5 Å². The number of hydrogen-bond acceptors (Lipinski definition) is 3. The number of nitrogens with one attached hydrogen (secondary N) is 2. The lowest BCUT2D eigenvalue weighted by Crippen LogP contribution is -2.47. The van der Waals surface area contributed by atoms with Gasteiger partial charge in [0.2, 0.25) is 5.89 Å². The molecule has 2 aromatic rings. The molecule has 6 heteroatoms. The third-order valence-corrected chi connectivity index (χ3v) is 2.81. The highest BCUT2D eigenvalue weighted by Crippen LogP contribution is 2.18. The summed E-state index contributed by atoms with van der Waals surface area (Å²) in [5, 5.41) is 6.57. The zero-order valence-corrected chi connectivity index (χ0v) is 16.4. The number of rotatable bonds is 4. The Morgan fingerprint density at radius 1 is 1.22 bits per heavy atom. The maximum Gasteiger partial charge on any atom is 0.226 e. The van der Waals surface area contributed by atoms with E-state index in [1.54, 1.807) is 6.26 Å². The number of nitrogens with zero attached hydrogens (tertiary/aromatic N) is 2. The minimum atomic E-state index is -0.0416. The van der Waals surface area contributed by atoms with Crippen molar-refractivity contribution < 1.29 is 4.42 Å². The molecule has 0 spiro atoms. The molecule has 0 amide bonds.